The Bertz CT molecular complexity index is 584. The van der Waals surface area contributed by atoms with Crippen molar-refractivity contribution < 1.29 is 19.5 Å². The molecule has 0 aliphatic carbocycles. The van der Waals surface area contributed by atoms with Crippen molar-refractivity contribution in [1.82, 2.24) is 5.16 Å². The lowest BCUT2D eigenvalue weighted by Crippen LogP contribution is -2.11. The molecule has 0 aliphatic rings. The Balaban J connectivity index is 2.24. The summed E-state index contributed by atoms with van der Waals surface area (Å²) in [5.74, 6) is -0.628. The number of nitrogens with one attached hydrogen (secondary N) is 1. The highest BCUT2D eigenvalue weighted by Crippen LogP contribution is 2.22. The molecule has 0 unspecified atom stereocenters. The SMILES string of the molecule is Cc1noc(NC(=O)c2cc(O)cc(O)c2)c1C. The van der Waals surface area contributed by atoms with Gasteiger partial charge in [-0.2, -0.15) is 0 Å². The lowest BCUT2D eigenvalue weighted by Gasteiger charge is -2.04. The minimum atomic E-state index is -0.500. The number of aryl methyl sites for hydroxylation is 1. The van der Waals surface area contributed by atoms with E-state index in [1.807, 2.05) is 0 Å². The first-order valence-corrected chi connectivity index (χ1v) is 5.24. The summed E-state index contributed by atoms with van der Waals surface area (Å²) in [5.41, 5.74) is 1.54. The molecule has 6 heteroatoms. The summed E-state index contributed by atoms with van der Waals surface area (Å²) >= 11 is 0. The Morgan fingerprint density at radius 3 is 2.33 bits per heavy atom. The molecule has 0 fully saturated rings. The number of hydrogen-bond donors (Lipinski definition) is 3. The van der Waals surface area contributed by atoms with Crippen LogP contribution in [0, 0.1) is 13.8 Å². The van der Waals surface area contributed by atoms with Gasteiger partial charge in [0.05, 0.1) is 5.69 Å². The number of carbonyl (C=O) groups excluding carboxylic acids is 1. The normalized spacial score (nSPS) is 10.3. The van der Waals surface area contributed by atoms with E-state index < -0.39 is 5.91 Å². The molecule has 0 atom stereocenters. The van der Waals surface area contributed by atoms with Gasteiger partial charge in [-0.25, -0.2) is 0 Å². The van der Waals surface area contributed by atoms with E-state index in [1.165, 1.54) is 12.1 Å². The van der Waals surface area contributed by atoms with E-state index in [-0.39, 0.29) is 22.9 Å². The zero-order valence-electron chi connectivity index (χ0n) is 9.89. The summed E-state index contributed by atoms with van der Waals surface area (Å²) in [4.78, 5) is 11.9. The van der Waals surface area contributed by atoms with E-state index in [4.69, 9.17) is 4.52 Å². The molecule has 0 bridgehead atoms. The van der Waals surface area contributed by atoms with Crippen LogP contribution in [-0.2, 0) is 0 Å². The van der Waals surface area contributed by atoms with Gasteiger partial charge in [0.15, 0.2) is 0 Å². The molecule has 2 rings (SSSR count). The molecular formula is C12H12N2O4. The van der Waals surface area contributed by atoms with Crippen molar-refractivity contribution in [2.45, 2.75) is 13.8 Å². The van der Waals surface area contributed by atoms with Gasteiger partial charge in [0.1, 0.15) is 11.5 Å². The lowest BCUT2D eigenvalue weighted by atomic mass is 10.2. The predicted octanol–water partition coefficient (Wildman–Crippen LogP) is 1.95. The maximum atomic E-state index is 11.9. The van der Waals surface area contributed by atoms with Gasteiger partial charge in [-0.15, -0.1) is 0 Å². The number of anilines is 1. The number of aromatic nitrogens is 1. The van der Waals surface area contributed by atoms with Gasteiger partial charge >= 0.3 is 0 Å². The molecule has 94 valence electrons. The number of benzene rings is 1. The topological polar surface area (TPSA) is 95.6 Å². The lowest BCUT2D eigenvalue weighted by molar-refractivity contribution is 0.102. The highest BCUT2D eigenvalue weighted by atomic mass is 16.5. The summed E-state index contributed by atoms with van der Waals surface area (Å²) in [7, 11) is 0. The zero-order valence-corrected chi connectivity index (χ0v) is 9.89. The van der Waals surface area contributed by atoms with Crippen LogP contribution >= 0.6 is 0 Å². The quantitative estimate of drug-likeness (QED) is 0.755. The monoisotopic (exact) mass is 248 g/mol. The molecule has 18 heavy (non-hydrogen) atoms. The average Bonchev–Trinajstić information content (AvgIpc) is 2.59. The molecule has 0 radical (unpaired) electrons. The number of carbonyl (C=O) groups is 1. The second-order valence-electron chi connectivity index (χ2n) is 3.91. The van der Waals surface area contributed by atoms with Crippen LogP contribution in [0.2, 0.25) is 0 Å². The van der Waals surface area contributed by atoms with Crippen molar-refractivity contribution in [1.29, 1.82) is 0 Å². The van der Waals surface area contributed by atoms with Crippen LogP contribution < -0.4 is 5.32 Å². The molecule has 0 aliphatic heterocycles. The van der Waals surface area contributed by atoms with Crippen LogP contribution in [0.15, 0.2) is 22.7 Å². The summed E-state index contributed by atoms with van der Waals surface area (Å²) in [5, 5.41) is 24.8. The minimum absolute atomic E-state index is 0.126. The van der Waals surface area contributed by atoms with E-state index >= 15 is 0 Å². The minimum Gasteiger partial charge on any atom is -0.508 e. The van der Waals surface area contributed by atoms with Gasteiger partial charge in [0, 0.05) is 17.2 Å². The fourth-order valence-electron chi connectivity index (χ4n) is 1.43. The van der Waals surface area contributed by atoms with Crippen molar-refractivity contribution in [3.05, 3.63) is 35.0 Å². The molecule has 6 nitrogen and oxygen atoms in total. The number of phenols is 2. The summed E-state index contributed by atoms with van der Waals surface area (Å²) in [6.07, 6.45) is 0. The fourth-order valence-corrected chi connectivity index (χ4v) is 1.43. The Morgan fingerprint density at radius 1 is 1.22 bits per heavy atom. The Labute approximate surface area is 103 Å². The van der Waals surface area contributed by atoms with Crippen LogP contribution in [0.4, 0.5) is 5.88 Å². The predicted molar refractivity (Wildman–Crippen MR) is 63.7 cm³/mol. The summed E-state index contributed by atoms with van der Waals surface area (Å²) < 4.78 is 4.94. The molecular weight excluding hydrogens is 236 g/mol. The van der Waals surface area contributed by atoms with E-state index in [2.05, 4.69) is 10.5 Å². The highest BCUT2D eigenvalue weighted by molar-refractivity contribution is 6.04. The third-order valence-electron chi connectivity index (χ3n) is 2.55. The van der Waals surface area contributed by atoms with Crippen LogP contribution in [0.25, 0.3) is 0 Å². The second kappa shape index (κ2) is 4.40. The molecule has 1 heterocycles. The van der Waals surface area contributed by atoms with Crippen molar-refractivity contribution in [2.75, 3.05) is 5.32 Å². The zero-order chi connectivity index (χ0) is 13.3. The second-order valence-corrected chi connectivity index (χ2v) is 3.91. The third-order valence-corrected chi connectivity index (χ3v) is 2.55. The maximum absolute atomic E-state index is 11.9. The first kappa shape index (κ1) is 12.0. The average molecular weight is 248 g/mol. The van der Waals surface area contributed by atoms with Crippen LogP contribution in [0.3, 0.4) is 0 Å². The molecule has 2 aromatic rings. The number of hydrogen-bond acceptors (Lipinski definition) is 5. The van der Waals surface area contributed by atoms with Crippen LogP contribution in [-0.4, -0.2) is 21.3 Å². The van der Waals surface area contributed by atoms with Gasteiger partial charge in [-0.05, 0) is 26.0 Å². The van der Waals surface area contributed by atoms with Crippen LogP contribution in [0.5, 0.6) is 11.5 Å². The van der Waals surface area contributed by atoms with Gasteiger partial charge < -0.3 is 14.7 Å². The Morgan fingerprint density at radius 2 is 1.83 bits per heavy atom. The Kier molecular flexibility index (Phi) is 2.93. The van der Waals surface area contributed by atoms with Gasteiger partial charge in [-0.1, -0.05) is 5.16 Å². The molecule has 0 saturated heterocycles. The fraction of sp³-hybridized carbons (Fsp3) is 0.167. The molecule has 1 amide bonds. The molecule has 1 aromatic heterocycles. The van der Waals surface area contributed by atoms with Crippen LogP contribution in [0.1, 0.15) is 21.6 Å². The van der Waals surface area contributed by atoms with Crippen molar-refractivity contribution in [2.24, 2.45) is 0 Å². The van der Waals surface area contributed by atoms with Crippen molar-refractivity contribution >= 4 is 11.8 Å². The number of nitrogens with zero attached hydrogens (tertiary/aromatic N) is 1. The molecule has 0 saturated carbocycles. The van der Waals surface area contributed by atoms with Crippen molar-refractivity contribution in [3.63, 3.8) is 0 Å². The largest absolute Gasteiger partial charge is 0.508 e. The van der Waals surface area contributed by atoms with Gasteiger partial charge in [-0.3, -0.25) is 10.1 Å². The smallest absolute Gasteiger partial charge is 0.258 e. The van der Waals surface area contributed by atoms with Gasteiger partial charge in [0.2, 0.25) is 5.88 Å². The summed E-state index contributed by atoms with van der Waals surface area (Å²) in [6.45, 7) is 3.52. The molecule has 3 N–H and O–H groups in total. The maximum Gasteiger partial charge on any atom is 0.258 e. The number of aromatic hydroxyl groups is 2. The third kappa shape index (κ3) is 2.27. The first-order valence-electron chi connectivity index (χ1n) is 5.24. The number of amides is 1. The van der Waals surface area contributed by atoms with Gasteiger partial charge in [0.25, 0.3) is 5.91 Å². The number of rotatable bonds is 2. The van der Waals surface area contributed by atoms with Crippen molar-refractivity contribution in [3.8, 4) is 11.5 Å². The van der Waals surface area contributed by atoms with E-state index in [0.717, 1.165) is 11.6 Å². The van der Waals surface area contributed by atoms with E-state index in [0.29, 0.717) is 5.69 Å². The highest BCUT2D eigenvalue weighted by Gasteiger charge is 2.14. The molecule has 1 aromatic carbocycles. The standard InChI is InChI=1S/C12H12N2O4/c1-6-7(2)14-18-12(6)13-11(17)8-3-9(15)5-10(16)4-8/h3-5,15-16H,1-2H3,(H,13,17). The Hall–Kier alpha value is -2.50. The van der Waals surface area contributed by atoms with E-state index in [1.54, 1.807) is 13.8 Å². The molecule has 0 spiro atoms. The first-order chi connectivity index (χ1) is 8.47. The number of phenolic OH excluding ortho intramolecular Hbond substituents is 2. The summed E-state index contributed by atoms with van der Waals surface area (Å²) in [6, 6.07) is 3.63. The van der Waals surface area contributed by atoms with E-state index in [9.17, 15) is 15.0 Å².